The van der Waals surface area contributed by atoms with Crippen LogP contribution in [0.15, 0.2) is 72.8 Å². The van der Waals surface area contributed by atoms with Crippen LogP contribution in [-0.4, -0.2) is 26.7 Å². The molecule has 3 rings (SSSR count). The molecule has 150 valence electrons. The molecular formula is C23H23ClN2O3. The van der Waals surface area contributed by atoms with Gasteiger partial charge < -0.3 is 14.8 Å². The summed E-state index contributed by atoms with van der Waals surface area (Å²) in [5.41, 5.74) is 2.65. The third-order valence-corrected chi connectivity index (χ3v) is 4.78. The number of rotatable bonds is 8. The predicted octanol–water partition coefficient (Wildman–Crippen LogP) is 4.67. The van der Waals surface area contributed by atoms with Crippen LogP contribution in [0.25, 0.3) is 0 Å². The van der Waals surface area contributed by atoms with E-state index in [1.807, 2.05) is 60.7 Å². The van der Waals surface area contributed by atoms with Crippen molar-refractivity contribution in [3.8, 4) is 11.5 Å². The maximum Gasteiger partial charge on any atom is 0.238 e. The van der Waals surface area contributed by atoms with Crippen LogP contribution < -0.4 is 20.1 Å². The van der Waals surface area contributed by atoms with E-state index < -0.39 is 0 Å². The number of carbonyl (C=O) groups is 1. The minimum absolute atomic E-state index is 0.107. The molecule has 0 radical (unpaired) electrons. The van der Waals surface area contributed by atoms with Crippen molar-refractivity contribution in [1.29, 1.82) is 0 Å². The van der Waals surface area contributed by atoms with Crippen molar-refractivity contribution in [1.82, 2.24) is 5.32 Å². The molecule has 0 saturated heterocycles. The minimum atomic E-state index is -0.207. The Balaban J connectivity index is 1.74. The van der Waals surface area contributed by atoms with Crippen LogP contribution in [0.3, 0.4) is 0 Å². The van der Waals surface area contributed by atoms with Crippen LogP contribution in [-0.2, 0) is 4.79 Å². The summed E-state index contributed by atoms with van der Waals surface area (Å²) in [5.74, 6) is 0.747. The molecule has 0 unspecified atom stereocenters. The predicted molar refractivity (Wildman–Crippen MR) is 116 cm³/mol. The van der Waals surface area contributed by atoms with Gasteiger partial charge in [-0.25, -0.2) is 0 Å². The Kier molecular flexibility index (Phi) is 7.11. The highest BCUT2D eigenvalue weighted by molar-refractivity contribution is 6.32. The average molecular weight is 411 g/mol. The summed E-state index contributed by atoms with van der Waals surface area (Å²) in [6, 6.07) is 23.2. The van der Waals surface area contributed by atoms with Crippen molar-refractivity contribution in [2.24, 2.45) is 0 Å². The molecule has 2 N–H and O–H groups in total. The summed E-state index contributed by atoms with van der Waals surface area (Å²) in [4.78, 5) is 12.6. The minimum Gasteiger partial charge on any atom is -0.495 e. The van der Waals surface area contributed by atoms with E-state index in [1.165, 1.54) is 14.2 Å². The molecule has 3 aromatic carbocycles. The third kappa shape index (κ3) is 5.28. The number of hydrogen-bond donors (Lipinski definition) is 2. The fourth-order valence-corrected chi connectivity index (χ4v) is 3.31. The molecule has 0 aliphatic heterocycles. The molecule has 5 nitrogen and oxygen atoms in total. The van der Waals surface area contributed by atoms with E-state index in [1.54, 1.807) is 12.1 Å². The summed E-state index contributed by atoms with van der Waals surface area (Å²) in [6.45, 7) is 0.112. The molecular weight excluding hydrogens is 388 g/mol. The second kappa shape index (κ2) is 9.96. The zero-order valence-electron chi connectivity index (χ0n) is 16.3. The standard InChI is InChI=1S/C23H23ClN2O3/c1-28-20-14-21(29-2)19(13-18(20)24)26-22(27)15-25-23(16-9-5-3-6-10-16)17-11-7-4-8-12-17/h3-14,23,25H,15H2,1-2H3,(H,26,27). The van der Waals surface area contributed by atoms with Gasteiger partial charge >= 0.3 is 0 Å². The first-order chi connectivity index (χ1) is 14.1. The second-order valence-corrected chi connectivity index (χ2v) is 6.78. The SMILES string of the molecule is COc1cc(OC)c(NC(=O)CNC(c2ccccc2)c2ccccc2)cc1Cl. The normalized spacial score (nSPS) is 10.6. The maximum atomic E-state index is 12.6. The molecule has 0 saturated carbocycles. The zero-order chi connectivity index (χ0) is 20.6. The number of methoxy groups -OCH3 is 2. The molecule has 29 heavy (non-hydrogen) atoms. The molecule has 1 amide bonds. The van der Waals surface area contributed by atoms with E-state index in [0.29, 0.717) is 22.2 Å². The van der Waals surface area contributed by atoms with Gasteiger partial charge in [0.15, 0.2) is 0 Å². The fourth-order valence-electron chi connectivity index (χ4n) is 3.07. The largest absolute Gasteiger partial charge is 0.495 e. The lowest BCUT2D eigenvalue weighted by atomic mass is 9.99. The van der Waals surface area contributed by atoms with Crippen molar-refractivity contribution in [3.05, 3.63) is 88.9 Å². The number of amides is 1. The Morgan fingerprint density at radius 3 is 1.97 bits per heavy atom. The highest BCUT2D eigenvalue weighted by Crippen LogP contribution is 2.35. The number of hydrogen-bond acceptors (Lipinski definition) is 4. The highest BCUT2D eigenvalue weighted by atomic mass is 35.5. The van der Waals surface area contributed by atoms with Gasteiger partial charge in [-0.15, -0.1) is 0 Å². The lowest BCUT2D eigenvalue weighted by molar-refractivity contribution is -0.115. The van der Waals surface area contributed by atoms with Crippen molar-refractivity contribution < 1.29 is 14.3 Å². The number of halogens is 1. The van der Waals surface area contributed by atoms with Crippen molar-refractivity contribution in [2.45, 2.75) is 6.04 Å². The molecule has 0 atom stereocenters. The molecule has 0 bridgehead atoms. The molecule has 3 aromatic rings. The summed E-state index contributed by atoms with van der Waals surface area (Å²) < 4.78 is 10.5. The number of ether oxygens (including phenoxy) is 2. The summed E-state index contributed by atoms with van der Waals surface area (Å²) in [7, 11) is 3.05. The average Bonchev–Trinajstić information content (AvgIpc) is 2.75. The lowest BCUT2D eigenvalue weighted by Gasteiger charge is -2.20. The highest BCUT2D eigenvalue weighted by Gasteiger charge is 2.16. The third-order valence-electron chi connectivity index (χ3n) is 4.48. The first-order valence-electron chi connectivity index (χ1n) is 9.17. The van der Waals surface area contributed by atoms with Gasteiger partial charge in [0.05, 0.1) is 37.5 Å². The Bertz CT molecular complexity index is 910. The Hall–Kier alpha value is -3.02. The van der Waals surface area contributed by atoms with Crippen molar-refractivity contribution in [3.63, 3.8) is 0 Å². The Morgan fingerprint density at radius 2 is 1.45 bits per heavy atom. The lowest BCUT2D eigenvalue weighted by Crippen LogP contribution is -2.32. The molecule has 0 heterocycles. The molecule has 0 aromatic heterocycles. The number of anilines is 1. The summed E-state index contributed by atoms with van der Waals surface area (Å²) in [5, 5.41) is 6.57. The van der Waals surface area contributed by atoms with E-state index in [0.717, 1.165) is 11.1 Å². The van der Waals surface area contributed by atoms with Crippen LogP contribution in [0.1, 0.15) is 17.2 Å². The van der Waals surface area contributed by atoms with Crippen LogP contribution in [0.2, 0.25) is 5.02 Å². The van der Waals surface area contributed by atoms with Gasteiger partial charge in [-0.1, -0.05) is 72.3 Å². The summed E-state index contributed by atoms with van der Waals surface area (Å²) in [6.07, 6.45) is 0. The van der Waals surface area contributed by atoms with Crippen molar-refractivity contribution in [2.75, 3.05) is 26.1 Å². The Morgan fingerprint density at radius 1 is 0.897 bits per heavy atom. The topological polar surface area (TPSA) is 59.6 Å². The first kappa shape index (κ1) is 20.7. The quantitative estimate of drug-likeness (QED) is 0.566. The summed E-state index contributed by atoms with van der Waals surface area (Å²) >= 11 is 6.18. The van der Waals surface area contributed by atoms with Gasteiger partial charge in [0.25, 0.3) is 0 Å². The van der Waals surface area contributed by atoms with Gasteiger partial charge in [-0.2, -0.15) is 0 Å². The van der Waals surface area contributed by atoms with Crippen molar-refractivity contribution >= 4 is 23.2 Å². The smallest absolute Gasteiger partial charge is 0.238 e. The number of carbonyl (C=O) groups excluding carboxylic acids is 1. The molecule has 0 fully saturated rings. The monoisotopic (exact) mass is 410 g/mol. The zero-order valence-corrected chi connectivity index (χ0v) is 17.1. The van der Waals surface area contributed by atoms with E-state index in [4.69, 9.17) is 21.1 Å². The van der Waals surface area contributed by atoms with Crippen LogP contribution in [0.4, 0.5) is 5.69 Å². The van der Waals surface area contributed by atoms with Gasteiger partial charge in [0.2, 0.25) is 5.91 Å². The Labute approximate surface area is 175 Å². The first-order valence-corrected chi connectivity index (χ1v) is 9.55. The van der Waals surface area contributed by atoms with Gasteiger partial charge in [-0.3, -0.25) is 10.1 Å². The van der Waals surface area contributed by atoms with Crippen LogP contribution in [0.5, 0.6) is 11.5 Å². The van der Waals surface area contributed by atoms with Crippen LogP contribution in [0, 0.1) is 0 Å². The second-order valence-electron chi connectivity index (χ2n) is 6.37. The fraction of sp³-hybridized carbons (Fsp3) is 0.174. The van der Waals surface area contributed by atoms with Gasteiger partial charge in [0, 0.05) is 6.07 Å². The van der Waals surface area contributed by atoms with Gasteiger partial charge in [-0.05, 0) is 17.2 Å². The number of nitrogens with one attached hydrogen (secondary N) is 2. The van der Waals surface area contributed by atoms with Crippen LogP contribution >= 0.6 is 11.6 Å². The van der Waals surface area contributed by atoms with E-state index in [-0.39, 0.29) is 18.5 Å². The van der Waals surface area contributed by atoms with E-state index in [2.05, 4.69) is 10.6 Å². The van der Waals surface area contributed by atoms with E-state index >= 15 is 0 Å². The molecule has 0 aliphatic rings. The van der Waals surface area contributed by atoms with Gasteiger partial charge in [0.1, 0.15) is 11.5 Å². The number of benzene rings is 3. The molecule has 0 aliphatic carbocycles. The van der Waals surface area contributed by atoms with E-state index in [9.17, 15) is 4.79 Å². The maximum absolute atomic E-state index is 12.6. The molecule has 0 spiro atoms. The molecule has 6 heteroatoms.